The third-order valence-corrected chi connectivity index (χ3v) is 5.34. The van der Waals surface area contributed by atoms with E-state index in [1.54, 1.807) is 26.0 Å². The molecule has 1 amide bonds. The number of rotatable bonds is 2. The minimum Gasteiger partial charge on any atom is -0.487 e. The lowest BCUT2D eigenvalue weighted by Gasteiger charge is -2.48. The maximum absolute atomic E-state index is 15.2. The fourth-order valence-corrected chi connectivity index (χ4v) is 4.03. The Bertz CT molecular complexity index is 1060. The Morgan fingerprint density at radius 1 is 1.30 bits per heavy atom. The van der Waals surface area contributed by atoms with Crippen molar-refractivity contribution in [2.24, 2.45) is 10.7 Å². The van der Waals surface area contributed by atoms with Crippen LogP contribution in [-0.4, -0.2) is 35.0 Å². The lowest BCUT2D eigenvalue weighted by atomic mass is 9.73. The average molecular weight is 437 g/mol. The molecule has 1 spiro atoms. The second-order valence-electron chi connectivity index (χ2n) is 7.84. The van der Waals surface area contributed by atoms with Crippen LogP contribution in [0.25, 0.3) is 0 Å². The predicted octanol–water partition coefficient (Wildman–Crippen LogP) is 3.72. The first-order chi connectivity index (χ1) is 14.0. The van der Waals surface area contributed by atoms with Gasteiger partial charge < -0.3 is 20.5 Å². The van der Waals surface area contributed by atoms with Crippen molar-refractivity contribution in [2.45, 2.75) is 37.3 Å². The maximum atomic E-state index is 15.2. The fourth-order valence-electron chi connectivity index (χ4n) is 3.82. The van der Waals surface area contributed by atoms with Gasteiger partial charge in [-0.2, -0.15) is 8.78 Å². The number of aliphatic imine (C=N–C) groups is 1. The summed E-state index contributed by atoms with van der Waals surface area (Å²) in [5.41, 5.74) is 3.16. The summed E-state index contributed by atoms with van der Waals surface area (Å²) < 4.78 is 41.1. The number of hydrogen-bond acceptors (Lipinski definition) is 6. The van der Waals surface area contributed by atoms with Crippen LogP contribution < -0.4 is 15.8 Å². The van der Waals surface area contributed by atoms with Gasteiger partial charge in [-0.3, -0.25) is 4.79 Å². The van der Waals surface area contributed by atoms with Crippen LogP contribution in [0.3, 0.4) is 0 Å². The Kier molecular flexibility index (Phi) is 4.61. The van der Waals surface area contributed by atoms with E-state index in [0.717, 1.165) is 0 Å². The molecule has 4 rings (SSSR count). The Labute approximate surface area is 176 Å². The van der Waals surface area contributed by atoms with E-state index in [-0.39, 0.29) is 40.2 Å². The van der Waals surface area contributed by atoms with Gasteiger partial charge in [0.1, 0.15) is 17.0 Å². The van der Waals surface area contributed by atoms with Gasteiger partial charge in [0.05, 0.1) is 5.02 Å². The molecule has 1 aromatic carbocycles. The number of hydrogen-bond donors (Lipinski definition) is 2. The van der Waals surface area contributed by atoms with E-state index in [4.69, 9.17) is 26.8 Å². The molecule has 3 N–H and O–H groups in total. The molecule has 10 heteroatoms. The van der Waals surface area contributed by atoms with Crippen molar-refractivity contribution in [1.82, 2.24) is 4.98 Å². The molecule has 0 saturated carbocycles. The topological polar surface area (TPSA) is 98.8 Å². The number of amides is 1. The van der Waals surface area contributed by atoms with Crippen molar-refractivity contribution in [3.63, 3.8) is 0 Å². The lowest BCUT2D eigenvalue weighted by molar-refractivity contribution is -0.148. The standard InChI is InChI=1S/C20H19ClF2N4O3/c1-18(2)9-19(20(22,23)10-29-17(24)27-19)12-8-11(5-6-14(12)30-18)26-16(28)15-13(21)4-3-7-25-15/h3-8H,9-10H2,1-2H3,(H2,24,27)(H,26,28)/t19-/m1/s1. The first-order valence-electron chi connectivity index (χ1n) is 9.14. The van der Waals surface area contributed by atoms with E-state index >= 15 is 8.78 Å². The fraction of sp³-hybridized carbons (Fsp3) is 0.350. The molecule has 0 saturated heterocycles. The first-order valence-corrected chi connectivity index (χ1v) is 9.52. The van der Waals surface area contributed by atoms with E-state index < -0.39 is 29.6 Å². The van der Waals surface area contributed by atoms with E-state index in [9.17, 15) is 4.79 Å². The number of halogens is 3. The SMILES string of the molecule is CC1(C)C[C@@]2(N=C(N)OCC2(F)F)c2cc(NC(=O)c3ncccc3Cl)ccc2O1. The highest BCUT2D eigenvalue weighted by atomic mass is 35.5. The summed E-state index contributed by atoms with van der Waals surface area (Å²) in [7, 11) is 0. The van der Waals surface area contributed by atoms with Crippen molar-refractivity contribution >= 4 is 29.2 Å². The van der Waals surface area contributed by atoms with Crippen LogP contribution in [0.5, 0.6) is 5.75 Å². The highest BCUT2D eigenvalue weighted by Gasteiger charge is 2.63. The molecule has 0 bridgehead atoms. The number of nitrogens with zero attached hydrogens (tertiary/aromatic N) is 2. The predicted molar refractivity (Wildman–Crippen MR) is 107 cm³/mol. The number of aromatic nitrogens is 1. The summed E-state index contributed by atoms with van der Waals surface area (Å²) in [5.74, 6) is -3.69. The molecular weight excluding hydrogens is 418 g/mol. The number of carbonyl (C=O) groups excluding carboxylic acids is 1. The molecule has 0 unspecified atom stereocenters. The molecule has 2 aromatic rings. The molecule has 30 heavy (non-hydrogen) atoms. The quantitative estimate of drug-likeness (QED) is 0.747. The van der Waals surface area contributed by atoms with Crippen LogP contribution in [0.2, 0.25) is 5.02 Å². The number of pyridine rings is 1. The molecule has 1 aromatic heterocycles. The third-order valence-electron chi connectivity index (χ3n) is 5.03. The number of amidine groups is 1. The molecule has 2 aliphatic rings. The number of fused-ring (bicyclic) bond motifs is 2. The highest BCUT2D eigenvalue weighted by Crippen LogP contribution is 2.55. The number of benzene rings is 1. The van der Waals surface area contributed by atoms with Gasteiger partial charge in [-0.05, 0) is 44.2 Å². The number of alkyl halides is 2. The second-order valence-corrected chi connectivity index (χ2v) is 8.25. The number of ether oxygens (including phenoxy) is 2. The van der Waals surface area contributed by atoms with Gasteiger partial charge in [0, 0.05) is 23.9 Å². The Hall–Kier alpha value is -2.94. The van der Waals surface area contributed by atoms with Gasteiger partial charge in [0.25, 0.3) is 11.9 Å². The van der Waals surface area contributed by atoms with Gasteiger partial charge >= 0.3 is 5.92 Å². The number of nitrogens with one attached hydrogen (secondary N) is 1. The van der Waals surface area contributed by atoms with E-state index in [0.29, 0.717) is 0 Å². The van der Waals surface area contributed by atoms with Crippen LogP contribution in [-0.2, 0) is 10.3 Å². The van der Waals surface area contributed by atoms with Gasteiger partial charge in [-0.1, -0.05) is 11.6 Å². The van der Waals surface area contributed by atoms with Crippen molar-refractivity contribution in [3.05, 3.63) is 52.8 Å². The summed E-state index contributed by atoms with van der Waals surface area (Å²) in [5, 5.41) is 2.80. The second kappa shape index (κ2) is 6.80. The summed E-state index contributed by atoms with van der Waals surface area (Å²) in [6.45, 7) is 2.50. The number of anilines is 1. The smallest absolute Gasteiger partial charge is 0.310 e. The highest BCUT2D eigenvalue weighted by molar-refractivity contribution is 6.34. The largest absolute Gasteiger partial charge is 0.487 e. The van der Waals surface area contributed by atoms with Crippen molar-refractivity contribution in [2.75, 3.05) is 11.9 Å². The van der Waals surface area contributed by atoms with Crippen LogP contribution >= 0.6 is 11.6 Å². The number of nitrogens with two attached hydrogens (primary N) is 1. The summed E-state index contributed by atoms with van der Waals surface area (Å²) in [6, 6.07) is 7.28. The van der Waals surface area contributed by atoms with Crippen LogP contribution in [0.4, 0.5) is 14.5 Å². The zero-order valence-corrected chi connectivity index (χ0v) is 17.0. The minimum atomic E-state index is -3.35. The normalized spacial score (nSPS) is 23.6. The number of carbonyl (C=O) groups is 1. The van der Waals surface area contributed by atoms with Crippen molar-refractivity contribution < 1.29 is 23.0 Å². The van der Waals surface area contributed by atoms with Crippen LogP contribution in [0, 0.1) is 0 Å². The van der Waals surface area contributed by atoms with Gasteiger partial charge in [0.15, 0.2) is 12.1 Å². The van der Waals surface area contributed by atoms with Gasteiger partial charge in [0.2, 0.25) is 0 Å². The lowest BCUT2D eigenvalue weighted by Crippen LogP contribution is -2.58. The zero-order valence-electron chi connectivity index (χ0n) is 16.2. The Morgan fingerprint density at radius 3 is 2.80 bits per heavy atom. The van der Waals surface area contributed by atoms with E-state index in [1.165, 1.54) is 24.4 Å². The molecule has 3 heterocycles. The molecule has 2 aliphatic heterocycles. The molecule has 0 radical (unpaired) electrons. The average Bonchev–Trinajstić information content (AvgIpc) is 2.65. The molecule has 0 fully saturated rings. The maximum Gasteiger partial charge on any atom is 0.310 e. The van der Waals surface area contributed by atoms with Gasteiger partial charge in [-0.25, -0.2) is 9.98 Å². The third kappa shape index (κ3) is 3.32. The molecular formula is C20H19ClF2N4O3. The summed E-state index contributed by atoms with van der Waals surface area (Å²) in [4.78, 5) is 20.6. The molecule has 1 atom stereocenters. The van der Waals surface area contributed by atoms with E-state index in [2.05, 4.69) is 15.3 Å². The van der Waals surface area contributed by atoms with Crippen LogP contribution in [0.1, 0.15) is 36.3 Å². The summed E-state index contributed by atoms with van der Waals surface area (Å²) in [6.07, 6.45) is 1.30. The van der Waals surface area contributed by atoms with E-state index in [1.807, 2.05) is 0 Å². The van der Waals surface area contributed by atoms with Gasteiger partial charge in [-0.15, -0.1) is 0 Å². The zero-order chi connectivity index (χ0) is 21.7. The van der Waals surface area contributed by atoms with Crippen molar-refractivity contribution in [3.8, 4) is 5.75 Å². The monoisotopic (exact) mass is 436 g/mol. The summed E-state index contributed by atoms with van der Waals surface area (Å²) >= 11 is 6.01. The molecule has 7 nitrogen and oxygen atoms in total. The molecule has 158 valence electrons. The first kappa shape index (κ1) is 20.3. The Morgan fingerprint density at radius 2 is 2.07 bits per heavy atom. The van der Waals surface area contributed by atoms with Crippen LogP contribution in [0.15, 0.2) is 41.5 Å². The Balaban J connectivity index is 1.79. The molecule has 0 aliphatic carbocycles. The van der Waals surface area contributed by atoms with Crippen molar-refractivity contribution in [1.29, 1.82) is 0 Å². The minimum absolute atomic E-state index is 0.0163.